The summed E-state index contributed by atoms with van der Waals surface area (Å²) in [7, 11) is 0. The van der Waals surface area contributed by atoms with Crippen LogP contribution in [0.1, 0.15) is 77.1 Å². The van der Waals surface area contributed by atoms with E-state index in [4.69, 9.17) is 18.9 Å². The van der Waals surface area contributed by atoms with E-state index >= 15 is 0 Å². The average Bonchev–Trinajstić information content (AvgIpc) is 3.19. The second-order valence-electron chi connectivity index (χ2n) is 12.5. The first-order valence-electron chi connectivity index (χ1n) is 13.4. The van der Waals surface area contributed by atoms with Crippen LogP contribution in [0.4, 0.5) is 0 Å². The van der Waals surface area contributed by atoms with Crippen LogP contribution in [0.2, 0.25) is 0 Å². The Morgan fingerprint density at radius 2 is 1.63 bits per heavy atom. The van der Waals surface area contributed by atoms with Gasteiger partial charge >= 0.3 is 17.9 Å². The summed E-state index contributed by atoms with van der Waals surface area (Å²) in [4.78, 5) is 37.9. The fraction of sp³-hybridized carbons (Fsp3) is 0.690. The summed E-state index contributed by atoms with van der Waals surface area (Å²) in [5.41, 5.74) is -5.21. The predicted octanol–water partition coefficient (Wildman–Crippen LogP) is 2.95. The number of aliphatic hydroxyl groups excluding tert-OH is 1. The van der Waals surface area contributed by atoms with Crippen LogP contribution in [0.5, 0.6) is 0 Å². The second kappa shape index (κ2) is 8.76. The van der Waals surface area contributed by atoms with Crippen molar-refractivity contribution in [3.05, 3.63) is 35.9 Å². The van der Waals surface area contributed by atoms with E-state index in [9.17, 15) is 24.6 Å². The Labute approximate surface area is 222 Å². The van der Waals surface area contributed by atoms with E-state index in [-0.39, 0.29) is 37.8 Å². The molecular formula is C29H38O9. The smallest absolute Gasteiger partial charge is 0.338 e. The minimum Gasteiger partial charge on any atom is -0.462 e. The van der Waals surface area contributed by atoms with Crippen LogP contribution in [0, 0.1) is 16.7 Å². The predicted molar refractivity (Wildman–Crippen MR) is 134 cm³/mol. The van der Waals surface area contributed by atoms with Crippen LogP contribution in [0.15, 0.2) is 30.3 Å². The molecule has 1 spiro atoms. The Hall–Kier alpha value is -2.49. The summed E-state index contributed by atoms with van der Waals surface area (Å²) >= 11 is 0. The Morgan fingerprint density at radius 1 is 0.974 bits per heavy atom. The van der Waals surface area contributed by atoms with Crippen molar-refractivity contribution in [3.63, 3.8) is 0 Å². The molecule has 2 heterocycles. The van der Waals surface area contributed by atoms with Crippen molar-refractivity contribution in [2.24, 2.45) is 16.7 Å². The number of fused-ring (bicyclic) bond motifs is 3. The summed E-state index contributed by atoms with van der Waals surface area (Å²) in [5.74, 6) is -1.75. The highest BCUT2D eigenvalue weighted by Gasteiger charge is 2.77. The molecule has 5 rings (SSSR count). The third kappa shape index (κ3) is 3.72. The molecule has 38 heavy (non-hydrogen) atoms. The minimum atomic E-state index is -1.62. The van der Waals surface area contributed by atoms with E-state index in [0.29, 0.717) is 18.4 Å². The quantitative estimate of drug-likeness (QED) is 0.448. The normalized spacial score (nSPS) is 46.0. The van der Waals surface area contributed by atoms with Crippen LogP contribution in [-0.4, -0.2) is 69.8 Å². The Morgan fingerprint density at radius 3 is 2.24 bits per heavy atom. The van der Waals surface area contributed by atoms with Crippen molar-refractivity contribution in [3.8, 4) is 0 Å². The topological polar surface area (TPSA) is 129 Å². The third-order valence-electron chi connectivity index (χ3n) is 10.5. The molecule has 2 aliphatic carbocycles. The zero-order valence-corrected chi connectivity index (χ0v) is 22.7. The molecule has 0 amide bonds. The summed E-state index contributed by atoms with van der Waals surface area (Å²) in [5, 5.41) is 22.9. The number of hydrogen-bond donors (Lipinski definition) is 2. The van der Waals surface area contributed by atoms with Gasteiger partial charge in [-0.05, 0) is 44.7 Å². The summed E-state index contributed by atoms with van der Waals surface area (Å²) in [6.45, 7) is 8.75. The summed E-state index contributed by atoms with van der Waals surface area (Å²) in [6, 6.07) is 8.62. The number of esters is 3. The molecule has 9 heteroatoms. The second-order valence-corrected chi connectivity index (χ2v) is 12.5. The van der Waals surface area contributed by atoms with Gasteiger partial charge in [0, 0.05) is 30.6 Å². The number of cyclic esters (lactones) is 1. The standard InChI is InChI=1S/C29H38O9/c1-17(30)36-22-14-29(15-23(32)35-16-29)38-25(2)13-21(37-24(33)18-9-7-6-8-10-18)27(4)19(26(22,25)3)11-12-20(31)28(27,5)34/h6-10,19-22,31,34H,11-16H2,1-5H3/t19-,20+,21-,22-,25-,26+,27+,28-,29-/m0/s1. The number of rotatable bonds is 3. The van der Waals surface area contributed by atoms with Crippen molar-refractivity contribution in [2.45, 2.75) is 102 Å². The lowest BCUT2D eigenvalue weighted by Gasteiger charge is -2.71. The number of carbonyl (C=O) groups excluding carboxylic acids is 3. The number of carbonyl (C=O) groups is 3. The molecule has 2 N–H and O–H groups in total. The lowest BCUT2D eigenvalue weighted by atomic mass is 9.39. The maximum absolute atomic E-state index is 13.3. The fourth-order valence-electron chi connectivity index (χ4n) is 8.10. The fourth-order valence-corrected chi connectivity index (χ4v) is 8.10. The molecule has 4 aliphatic rings. The molecular weight excluding hydrogens is 492 g/mol. The van der Waals surface area contributed by atoms with E-state index < -0.39 is 57.9 Å². The molecule has 1 aromatic rings. The van der Waals surface area contributed by atoms with Crippen molar-refractivity contribution >= 4 is 17.9 Å². The molecule has 2 aliphatic heterocycles. The molecule has 208 valence electrons. The van der Waals surface area contributed by atoms with Gasteiger partial charge in [-0.3, -0.25) is 9.59 Å². The first kappa shape index (κ1) is 27.1. The Balaban J connectivity index is 1.64. The molecule has 1 aromatic carbocycles. The van der Waals surface area contributed by atoms with E-state index in [1.165, 1.54) is 6.92 Å². The number of aliphatic hydroxyl groups is 2. The van der Waals surface area contributed by atoms with Crippen LogP contribution in [0.3, 0.4) is 0 Å². The molecule has 2 saturated heterocycles. The Bertz CT molecular complexity index is 1130. The first-order valence-corrected chi connectivity index (χ1v) is 13.4. The van der Waals surface area contributed by atoms with Gasteiger partial charge in [-0.2, -0.15) is 0 Å². The average molecular weight is 531 g/mol. The lowest BCUT2D eigenvalue weighted by Crippen LogP contribution is -2.79. The molecule has 0 unspecified atom stereocenters. The molecule has 4 fully saturated rings. The van der Waals surface area contributed by atoms with Gasteiger partial charge in [0.25, 0.3) is 0 Å². The highest BCUT2D eigenvalue weighted by Crippen LogP contribution is 2.69. The van der Waals surface area contributed by atoms with E-state index in [0.717, 1.165) is 0 Å². The van der Waals surface area contributed by atoms with E-state index in [1.807, 2.05) is 20.8 Å². The molecule has 0 bridgehead atoms. The van der Waals surface area contributed by atoms with Crippen molar-refractivity contribution in [1.29, 1.82) is 0 Å². The van der Waals surface area contributed by atoms with Crippen LogP contribution in [-0.2, 0) is 28.5 Å². The minimum absolute atomic E-state index is 0.0310. The van der Waals surface area contributed by atoms with Gasteiger partial charge in [-0.25, -0.2) is 4.79 Å². The Kier molecular flexibility index (Phi) is 6.25. The van der Waals surface area contributed by atoms with Gasteiger partial charge in [0.05, 0.1) is 29.3 Å². The monoisotopic (exact) mass is 530 g/mol. The molecule has 0 aromatic heterocycles. The van der Waals surface area contributed by atoms with E-state index in [2.05, 4.69) is 0 Å². The van der Waals surface area contributed by atoms with Crippen LogP contribution >= 0.6 is 0 Å². The van der Waals surface area contributed by atoms with Crippen LogP contribution < -0.4 is 0 Å². The zero-order valence-electron chi connectivity index (χ0n) is 22.7. The van der Waals surface area contributed by atoms with Gasteiger partial charge in [-0.1, -0.05) is 32.0 Å². The third-order valence-corrected chi connectivity index (χ3v) is 10.5. The largest absolute Gasteiger partial charge is 0.462 e. The maximum Gasteiger partial charge on any atom is 0.338 e. The highest BCUT2D eigenvalue weighted by atomic mass is 16.6. The molecule has 9 nitrogen and oxygen atoms in total. The van der Waals surface area contributed by atoms with Crippen molar-refractivity contribution < 1.29 is 43.5 Å². The number of benzene rings is 1. The molecule has 9 atom stereocenters. The van der Waals surface area contributed by atoms with Gasteiger partial charge in [0.1, 0.15) is 24.4 Å². The summed E-state index contributed by atoms with van der Waals surface area (Å²) < 4.78 is 24.3. The van der Waals surface area contributed by atoms with Crippen molar-refractivity contribution in [1.82, 2.24) is 0 Å². The van der Waals surface area contributed by atoms with Gasteiger partial charge < -0.3 is 29.2 Å². The maximum atomic E-state index is 13.3. The lowest BCUT2D eigenvalue weighted by molar-refractivity contribution is -0.363. The van der Waals surface area contributed by atoms with Gasteiger partial charge in [0.15, 0.2) is 0 Å². The SMILES string of the molecule is CC(=O)O[C@H]1C[C@]2(COC(=O)C2)O[C@@]2(C)C[C@H](OC(=O)c3ccccc3)[C@@]3(C)[C@@H](CC[C@@H](O)[C@]3(C)O)[C@]12C. The first-order chi connectivity index (χ1) is 17.7. The van der Waals surface area contributed by atoms with Gasteiger partial charge in [-0.15, -0.1) is 0 Å². The molecule has 2 saturated carbocycles. The van der Waals surface area contributed by atoms with Crippen molar-refractivity contribution in [2.75, 3.05) is 6.61 Å². The number of ether oxygens (including phenoxy) is 4. The zero-order chi connectivity index (χ0) is 27.7. The van der Waals surface area contributed by atoms with Crippen LogP contribution in [0.25, 0.3) is 0 Å². The van der Waals surface area contributed by atoms with Gasteiger partial charge in [0.2, 0.25) is 0 Å². The molecule has 0 radical (unpaired) electrons. The number of hydrogen-bond acceptors (Lipinski definition) is 9. The highest BCUT2D eigenvalue weighted by molar-refractivity contribution is 5.89. The van der Waals surface area contributed by atoms with E-state index in [1.54, 1.807) is 37.3 Å². The summed E-state index contributed by atoms with van der Waals surface area (Å²) in [6.07, 6.45) is -1.30.